The first-order valence-electron chi connectivity index (χ1n) is 9.71. The number of para-hydroxylation sites is 1. The highest BCUT2D eigenvalue weighted by atomic mass is 32.2. The van der Waals surface area contributed by atoms with Gasteiger partial charge in [0.2, 0.25) is 11.1 Å². The molecule has 0 saturated heterocycles. The smallest absolute Gasteiger partial charge is 0.237 e. The Labute approximate surface area is 176 Å². The van der Waals surface area contributed by atoms with E-state index in [0.717, 1.165) is 33.6 Å². The number of benzene rings is 2. The van der Waals surface area contributed by atoms with Gasteiger partial charge in [-0.15, -0.1) is 5.10 Å². The van der Waals surface area contributed by atoms with Gasteiger partial charge in [0.05, 0.1) is 10.9 Å². The molecule has 0 radical (unpaired) electrons. The van der Waals surface area contributed by atoms with Gasteiger partial charge in [0, 0.05) is 5.69 Å². The minimum Gasteiger partial charge on any atom is -0.325 e. The van der Waals surface area contributed by atoms with E-state index in [4.69, 9.17) is 0 Å². The number of carbonyl (C=O) groups is 1. The van der Waals surface area contributed by atoms with E-state index in [0.29, 0.717) is 11.1 Å². The van der Waals surface area contributed by atoms with Crippen LogP contribution in [0.15, 0.2) is 41.6 Å². The number of amides is 1. The normalized spacial score (nSPS) is 12.2. The van der Waals surface area contributed by atoms with Crippen molar-refractivity contribution in [2.75, 3.05) is 5.32 Å². The number of thioether (sulfide) groups is 1. The summed E-state index contributed by atoms with van der Waals surface area (Å²) < 4.78 is 1.70. The summed E-state index contributed by atoms with van der Waals surface area (Å²) in [5.74, 6) is 0.256. The second kappa shape index (κ2) is 8.78. The molecule has 7 heteroatoms. The standard InChI is InChI=1S/C22H27N5OS/c1-13(2)18-9-7-8-16(5)20(18)23-21(28)17(6)29-22-24-25-26-27(22)19-12-14(3)10-11-15(19)4/h7-13,17H,1-6H3,(H,23,28)/t17-/m1/s1. The van der Waals surface area contributed by atoms with Gasteiger partial charge in [0.1, 0.15) is 0 Å². The highest BCUT2D eigenvalue weighted by Crippen LogP contribution is 2.30. The van der Waals surface area contributed by atoms with Crippen LogP contribution in [0.4, 0.5) is 5.69 Å². The molecule has 3 aromatic rings. The third-order valence-electron chi connectivity index (χ3n) is 4.86. The Bertz CT molecular complexity index is 1030. The van der Waals surface area contributed by atoms with Crippen LogP contribution in [0, 0.1) is 20.8 Å². The summed E-state index contributed by atoms with van der Waals surface area (Å²) in [6, 6.07) is 12.2. The van der Waals surface area contributed by atoms with E-state index in [1.165, 1.54) is 11.8 Å². The molecule has 0 saturated carbocycles. The molecule has 6 nitrogen and oxygen atoms in total. The first-order chi connectivity index (χ1) is 13.8. The van der Waals surface area contributed by atoms with Crippen molar-refractivity contribution in [1.82, 2.24) is 20.2 Å². The maximum absolute atomic E-state index is 12.9. The van der Waals surface area contributed by atoms with Gasteiger partial charge in [-0.2, -0.15) is 4.68 Å². The van der Waals surface area contributed by atoms with Gasteiger partial charge < -0.3 is 5.32 Å². The Morgan fingerprint density at radius 2 is 1.83 bits per heavy atom. The number of nitrogens with zero attached hydrogens (tertiary/aromatic N) is 4. The first-order valence-corrected chi connectivity index (χ1v) is 10.6. The number of anilines is 1. The first kappa shape index (κ1) is 21.0. The molecule has 0 aliphatic heterocycles. The molecule has 1 atom stereocenters. The van der Waals surface area contributed by atoms with E-state index in [-0.39, 0.29) is 11.2 Å². The maximum Gasteiger partial charge on any atom is 0.237 e. The molecule has 0 bridgehead atoms. The molecule has 1 heterocycles. The van der Waals surface area contributed by atoms with Gasteiger partial charge in [-0.3, -0.25) is 4.79 Å². The van der Waals surface area contributed by atoms with E-state index in [1.54, 1.807) is 4.68 Å². The van der Waals surface area contributed by atoms with E-state index in [9.17, 15) is 4.79 Å². The van der Waals surface area contributed by atoms with Crippen LogP contribution in [0.1, 0.15) is 48.9 Å². The fraction of sp³-hybridized carbons (Fsp3) is 0.364. The summed E-state index contributed by atoms with van der Waals surface area (Å²) >= 11 is 1.35. The average Bonchev–Trinajstić information content (AvgIpc) is 3.12. The molecule has 0 unspecified atom stereocenters. The maximum atomic E-state index is 12.9. The Kier molecular flexibility index (Phi) is 6.37. The van der Waals surface area contributed by atoms with Crippen LogP contribution in [0.2, 0.25) is 0 Å². The van der Waals surface area contributed by atoms with E-state index in [2.05, 4.69) is 46.8 Å². The molecule has 0 aliphatic rings. The van der Waals surface area contributed by atoms with Crippen LogP contribution in [-0.4, -0.2) is 31.4 Å². The van der Waals surface area contributed by atoms with Crippen molar-refractivity contribution < 1.29 is 4.79 Å². The molecule has 3 rings (SSSR count). The summed E-state index contributed by atoms with van der Waals surface area (Å²) in [6.45, 7) is 12.2. The lowest BCUT2D eigenvalue weighted by molar-refractivity contribution is -0.115. The third kappa shape index (κ3) is 4.67. The molecule has 1 aromatic heterocycles. The van der Waals surface area contributed by atoms with Crippen molar-refractivity contribution in [1.29, 1.82) is 0 Å². The number of carbonyl (C=O) groups excluding carboxylic acids is 1. The summed E-state index contributed by atoms with van der Waals surface area (Å²) in [5.41, 5.74) is 6.21. The highest BCUT2D eigenvalue weighted by Gasteiger charge is 2.21. The Morgan fingerprint density at radius 3 is 2.55 bits per heavy atom. The van der Waals surface area contributed by atoms with E-state index in [1.807, 2.05) is 52.0 Å². The molecular formula is C22H27N5OS. The second-order valence-electron chi connectivity index (χ2n) is 7.61. The average molecular weight is 410 g/mol. The molecular weight excluding hydrogens is 382 g/mol. The lowest BCUT2D eigenvalue weighted by Gasteiger charge is -2.18. The summed E-state index contributed by atoms with van der Waals surface area (Å²) in [7, 11) is 0. The van der Waals surface area contributed by atoms with Crippen molar-refractivity contribution in [2.45, 2.75) is 57.9 Å². The van der Waals surface area contributed by atoms with Crippen LogP contribution in [0.5, 0.6) is 0 Å². The fourth-order valence-corrected chi connectivity index (χ4v) is 3.93. The van der Waals surface area contributed by atoms with Gasteiger partial charge in [0.15, 0.2) is 0 Å². The lowest BCUT2D eigenvalue weighted by Crippen LogP contribution is -2.24. The van der Waals surface area contributed by atoms with Crippen molar-refractivity contribution in [3.05, 3.63) is 58.7 Å². The number of aromatic nitrogens is 4. The Hall–Kier alpha value is -2.67. The van der Waals surface area contributed by atoms with Crippen molar-refractivity contribution in [3.8, 4) is 5.69 Å². The zero-order valence-corrected chi connectivity index (χ0v) is 18.5. The zero-order chi connectivity index (χ0) is 21.1. The van der Waals surface area contributed by atoms with Crippen LogP contribution in [0.3, 0.4) is 0 Å². The molecule has 1 N–H and O–H groups in total. The van der Waals surface area contributed by atoms with Gasteiger partial charge >= 0.3 is 0 Å². The predicted molar refractivity (Wildman–Crippen MR) is 118 cm³/mol. The lowest BCUT2D eigenvalue weighted by atomic mass is 9.98. The second-order valence-corrected chi connectivity index (χ2v) is 8.91. The molecule has 152 valence electrons. The highest BCUT2D eigenvalue weighted by molar-refractivity contribution is 8.00. The quantitative estimate of drug-likeness (QED) is 0.590. The predicted octanol–water partition coefficient (Wildman–Crippen LogP) is 4.83. The molecule has 0 spiro atoms. The number of rotatable bonds is 6. The fourth-order valence-electron chi connectivity index (χ4n) is 3.13. The van der Waals surface area contributed by atoms with Crippen molar-refractivity contribution in [3.63, 3.8) is 0 Å². The SMILES string of the molecule is Cc1ccc(C)c(-n2nnnc2S[C@H](C)C(=O)Nc2c(C)cccc2C(C)C)c1. The molecule has 0 aliphatic carbocycles. The molecule has 1 amide bonds. The number of aryl methyl sites for hydroxylation is 3. The largest absolute Gasteiger partial charge is 0.325 e. The van der Waals surface area contributed by atoms with E-state index < -0.39 is 0 Å². The number of nitrogens with one attached hydrogen (secondary N) is 1. The number of tetrazole rings is 1. The van der Waals surface area contributed by atoms with Crippen LogP contribution >= 0.6 is 11.8 Å². The summed E-state index contributed by atoms with van der Waals surface area (Å²) in [4.78, 5) is 12.9. The Balaban J connectivity index is 1.81. The van der Waals surface area contributed by atoms with Gasteiger partial charge in [-0.25, -0.2) is 0 Å². The third-order valence-corrected chi connectivity index (χ3v) is 5.89. The minimum absolute atomic E-state index is 0.0679. The van der Waals surface area contributed by atoms with Gasteiger partial charge in [-0.1, -0.05) is 55.9 Å². The van der Waals surface area contributed by atoms with Crippen LogP contribution in [0.25, 0.3) is 5.69 Å². The number of hydrogen-bond donors (Lipinski definition) is 1. The monoisotopic (exact) mass is 409 g/mol. The molecule has 0 fully saturated rings. The summed E-state index contributed by atoms with van der Waals surface area (Å²) in [6.07, 6.45) is 0. The van der Waals surface area contributed by atoms with Crippen LogP contribution < -0.4 is 5.32 Å². The van der Waals surface area contributed by atoms with Crippen molar-refractivity contribution >= 4 is 23.4 Å². The van der Waals surface area contributed by atoms with Crippen molar-refractivity contribution in [2.24, 2.45) is 0 Å². The molecule has 2 aromatic carbocycles. The zero-order valence-electron chi connectivity index (χ0n) is 17.7. The molecule has 29 heavy (non-hydrogen) atoms. The van der Waals surface area contributed by atoms with E-state index >= 15 is 0 Å². The topological polar surface area (TPSA) is 72.7 Å². The van der Waals surface area contributed by atoms with Gasteiger partial charge in [-0.05, 0) is 72.4 Å². The minimum atomic E-state index is -0.357. The summed E-state index contributed by atoms with van der Waals surface area (Å²) in [5, 5.41) is 15.5. The van der Waals surface area contributed by atoms with Gasteiger partial charge in [0.25, 0.3) is 0 Å². The Morgan fingerprint density at radius 1 is 1.07 bits per heavy atom. The van der Waals surface area contributed by atoms with Crippen LogP contribution in [-0.2, 0) is 4.79 Å². The number of hydrogen-bond acceptors (Lipinski definition) is 5.